The standard InChI is InChI=1S/C21H19ClN6O2S/c1-13(20-23-6-7-31-20)27(2)21(29)15-8-14(9-17(10-15)28-12-24-25-26-28)18-11-16(22)4-5-19(18)30-3/h4-13H,1-3H3. The molecule has 0 N–H and O–H groups in total. The number of hydrogen-bond acceptors (Lipinski definition) is 7. The summed E-state index contributed by atoms with van der Waals surface area (Å²) in [6.45, 7) is 1.95. The third-order valence-electron chi connectivity index (χ3n) is 4.96. The Hall–Kier alpha value is -3.30. The molecule has 8 nitrogen and oxygen atoms in total. The largest absolute Gasteiger partial charge is 0.496 e. The minimum absolute atomic E-state index is 0.153. The van der Waals surface area contributed by atoms with Crippen LogP contribution in [0.25, 0.3) is 16.8 Å². The van der Waals surface area contributed by atoms with Crippen LogP contribution in [0.3, 0.4) is 0 Å². The zero-order valence-corrected chi connectivity index (χ0v) is 18.6. The summed E-state index contributed by atoms with van der Waals surface area (Å²) in [5.74, 6) is 0.487. The highest BCUT2D eigenvalue weighted by molar-refractivity contribution is 7.09. The van der Waals surface area contributed by atoms with Gasteiger partial charge in [-0.15, -0.1) is 16.4 Å². The quantitative estimate of drug-likeness (QED) is 0.432. The van der Waals surface area contributed by atoms with E-state index < -0.39 is 0 Å². The zero-order valence-electron chi connectivity index (χ0n) is 17.1. The van der Waals surface area contributed by atoms with Crippen LogP contribution in [-0.2, 0) is 0 Å². The number of benzene rings is 2. The molecule has 10 heteroatoms. The fraction of sp³-hybridized carbons (Fsp3) is 0.190. The molecule has 0 aliphatic carbocycles. The summed E-state index contributed by atoms with van der Waals surface area (Å²) in [6, 6.07) is 10.6. The van der Waals surface area contributed by atoms with Crippen LogP contribution in [0.2, 0.25) is 5.02 Å². The number of hydrogen-bond donors (Lipinski definition) is 0. The first-order valence-corrected chi connectivity index (χ1v) is 10.6. The van der Waals surface area contributed by atoms with Gasteiger partial charge < -0.3 is 9.64 Å². The van der Waals surface area contributed by atoms with E-state index in [1.165, 1.54) is 22.3 Å². The molecule has 0 spiro atoms. The summed E-state index contributed by atoms with van der Waals surface area (Å²) >= 11 is 7.75. The predicted molar refractivity (Wildman–Crippen MR) is 119 cm³/mol. The van der Waals surface area contributed by atoms with Crippen LogP contribution in [-0.4, -0.2) is 50.2 Å². The van der Waals surface area contributed by atoms with Crippen molar-refractivity contribution >= 4 is 28.8 Å². The topological polar surface area (TPSA) is 86.0 Å². The van der Waals surface area contributed by atoms with E-state index in [-0.39, 0.29) is 11.9 Å². The van der Waals surface area contributed by atoms with Crippen LogP contribution < -0.4 is 4.74 Å². The van der Waals surface area contributed by atoms with Crippen molar-refractivity contribution in [1.82, 2.24) is 30.1 Å². The highest BCUT2D eigenvalue weighted by Crippen LogP contribution is 2.35. The Bertz CT molecular complexity index is 1200. The molecule has 2 aromatic heterocycles. The number of carbonyl (C=O) groups excluding carboxylic acids is 1. The number of halogens is 1. The van der Waals surface area contributed by atoms with Gasteiger partial charge in [-0.05, 0) is 59.3 Å². The first-order valence-electron chi connectivity index (χ1n) is 9.37. The zero-order chi connectivity index (χ0) is 22.0. The Balaban J connectivity index is 1.81. The van der Waals surface area contributed by atoms with Crippen LogP contribution in [0.1, 0.15) is 28.3 Å². The number of carbonyl (C=O) groups is 1. The molecule has 1 atom stereocenters. The van der Waals surface area contributed by atoms with Crippen LogP contribution in [0.4, 0.5) is 0 Å². The van der Waals surface area contributed by atoms with Gasteiger partial charge in [-0.2, -0.15) is 0 Å². The van der Waals surface area contributed by atoms with E-state index in [1.807, 2.05) is 24.4 Å². The normalized spacial score (nSPS) is 11.9. The minimum Gasteiger partial charge on any atom is -0.496 e. The SMILES string of the molecule is COc1ccc(Cl)cc1-c1cc(C(=O)N(C)C(C)c2nccs2)cc(-n2cnnn2)c1. The van der Waals surface area contributed by atoms with Crippen LogP contribution in [0.5, 0.6) is 5.75 Å². The number of tetrazole rings is 1. The fourth-order valence-electron chi connectivity index (χ4n) is 3.19. The van der Waals surface area contributed by atoms with Gasteiger partial charge in [-0.1, -0.05) is 11.6 Å². The lowest BCUT2D eigenvalue weighted by Gasteiger charge is -2.24. The smallest absolute Gasteiger partial charge is 0.254 e. The second-order valence-electron chi connectivity index (χ2n) is 6.83. The maximum atomic E-state index is 13.4. The van der Waals surface area contributed by atoms with Crippen molar-refractivity contribution in [2.24, 2.45) is 0 Å². The van der Waals surface area contributed by atoms with E-state index >= 15 is 0 Å². The second-order valence-corrected chi connectivity index (χ2v) is 8.19. The summed E-state index contributed by atoms with van der Waals surface area (Å²) in [6.07, 6.45) is 3.21. The summed E-state index contributed by atoms with van der Waals surface area (Å²) in [5, 5.41) is 14.7. The van der Waals surface area contributed by atoms with Crippen LogP contribution in [0, 0.1) is 0 Å². The van der Waals surface area contributed by atoms with Gasteiger partial charge in [0.25, 0.3) is 5.91 Å². The number of thiazole rings is 1. The maximum Gasteiger partial charge on any atom is 0.254 e. The molecule has 1 amide bonds. The van der Waals surface area contributed by atoms with Gasteiger partial charge >= 0.3 is 0 Å². The van der Waals surface area contributed by atoms with Crippen molar-refractivity contribution in [1.29, 1.82) is 0 Å². The van der Waals surface area contributed by atoms with Crippen molar-refractivity contribution in [3.63, 3.8) is 0 Å². The average Bonchev–Trinajstić information content (AvgIpc) is 3.52. The molecule has 1 unspecified atom stereocenters. The number of amides is 1. The molecule has 2 heterocycles. The van der Waals surface area contributed by atoms with Crippen LogP contribution in [0.15, 0.2) is 54.3 Å². The number of methoxy groups -OCH3 is 1. The molecular formula is C21H19ClN6O2S. The second kappa shape index (κ2) is 8.83. The molecule has 0 bridgehead atoms. The van der Waals surface area contributed by atoms with E-state index in [0.29, 0.717) is 22.0 Å². The summed E-state index contributed by atoms with van der Waals surface area (Å²) in [7, 11) is 3.35. The Morgan fingerprint density at radius 2 is 2.10 bits per heavy atom. The van der Waals surface area contributed by atoms with E-state index in [2.05, 4.69) is 20.5 Å². The van der Waals surface area contributed by atoms with Crippen molar-refractivity contribution in [3.05, 3.63) is 69.9 Å². The number of aromatic nitrogens is 5. The average molecular weight is 455 g/mol. The van der Waals surface area contributed by atoms with Gasteiger partial charge in [0.2, 0.25) is 0 Å². The molecule has 2 aromatic carbocycles. The summed E-state index contributed by atoms with van der Waals surface area (Å²) in [5.41, 5.74) is 2.64. The molecule has 4 rings (SSSR count). The molecule has 0 saturated heterocycles. The molecule has 158 valence electrons. The Morgan fingerprint density at radius 3 is 2.77 bits per heavy atom. The van der Waals surface area contributed by atoms with Gasteiger partial charge in [0.1, 0.15) is 17.1 Å². The van der Waals surface area contributed by atoms with E-state index in [1.54, 1.807) is 49.5 Å². The molecular weight excluding hydrogens is 436 g/mol. The Kier molecular flexibility index (Phi) is 5.97. The Labute approximate surface area is 188 Å². The number of nitrogens with zero attached hydrogens (tertiary/aromatic N) is 6. The molecule has 31 heavy (non-hydrogen) atoms. The van der Waals surface area contributed by atoms with E-state index in [4.69, 9.17) is 16.3 Å². The lowest BCUT2D eigenvalue weighted by Crippen LogP contribution is -2.29. The maximum absolute atomic E-state index is 13.4. The molecule has 0 fully saturated rings. The van der Waals surface area contributed by atoms with Crippen molar-refractivity contribution in [3.8, 4) is 22.6 Å². The summed E-state index contributed by atoms with van der Waals surface area (Å²) < 4.78 is 7.01. The third-order valence-corrected chi connectivity index (χ3v) is 6.14. The summed E-state index contributed by atoms with van der Waals surface area (Å²) in [4.78, 5) is 19.4. The Morgan fingerprint density at radius 1 is 1.26 bits per heavy atom. The first-order chi connectivity index (χ1) is 15.0. The number of rotatable bonds is 6. The lowest BCUT2D eigenvalue weighted by molar-refractivity contribution is 0.0742. The van der Waals surface area contributed by atoms with Crippen molar-refractivity contribution < 1.29 is 9.53 Å². The van der Waals surface area contributed by atoms with Crippen LogP contribution >= 0.6 is 22.9 Å². The van der Waals surface area contributed by atoms with E-state index in [9.17, 15) is 4.79 Å². The van der Waals surface area contributed by atoms with E-state index in [0.717, 1.165) is 16.1 Å². The predicted octanol–water partition coefficient (Wildman–Crippen LogP) is 4.28. The minimum atomic E-state index is -0.173. The number of ether oxygens (including phenoxy) is 1. The van der Waals surface area contributed by atoms with Gasteiger partial charge in [0, 0.05) is 34.8 Å². The highest BCUT2D eigenvalue weighted by Gasteiger charge is 2.22. The molecule has 0 radical (unpaired) electrons. The third kappa shape index (κ3) is 4.28. The first kappa shape index (κ1) is 21.0. The van der Waals surface area contributed by atoms with Gasteiger partial charge in [-0.25, -0.2) is 9.67 Å². The molecule has 0 aliphatic rings. The van der Waals surface area contributed by atoms with Crippen molar-refractivity contribution in [2.45, 2.75) is 13.0 Å². The molecule has 0 saturated carbocycles. The van der Waals surface area contributed by atoms with Gasteiger partial charge in [-0.3, -0.25) is 4.79 Å². The highest BCUT2D eigenvalue weighted by atomic mass is 35.5. The fourth-order valence-corrected chi connectivity index (χ4v) is 4.10. The van der Waals surface area contributed by atoms with Gasteiger partial charge in [0.15, 0.2) is 0 Å². The van der Waals surface area contributed by atoms with Crippen molar-refractivity contribution in [2.75, 3.05) is 14.2 Å². The lowest BCUT2D eigenvalue weighted by atomic mass is 10.00. The monoisotopic (exact) mass is 454 g/mol. The molecule has 4 aromatic rings. The molecule has 0 aliphatic heterocycles. The van der Waals surface area contributed by atoms with Gasteiger partial charge in [0.05, 0.1) is 18.8 Å².